The Bertz CT molecular complexity index is 556. The van der Waals surface area contributed by atoms with E-state index in [1.54, 1.807) is 0 Å². The SMILES string of the molecule is OC1CN(NCc2ccccc2)CCc2ccccc21. The maximum absolute atomic E-state index is 10.3. The predicted molar refractivity (Wildman–Crippen MR) is 80.0 cm³/mol. The third kappa shape index (κ3) is 3.07. The lowest BCUT2D eigenvalue weighted by Crippen LogP contribution is -2.40. The van der Waals surface area contributed by atoms with Crippen LogP contribution in [0.3, 0.4) is 0 Å². The summed E-state index contributed by atoms with van der Waals surface area (Å²) in [5, 5.41) is 12.4. The molecule has 20 heavy (non-hydrogen) atoms. The van der Waals surface area contributed by atoms with E-state index in [2.05, 4.69) is 28.6 Å². The molecular weight excluding hydrogens is 248 g/mol. The standard InChI is InChI=1S/C17H20N2O/c20-17-13-19(18-12-14-6-2-1-3-7-14)11-10-15-8-4-5-9-16(15)17/h1-9,17-18,20H,10-13H2. The highest BCUT2D eigenvalue weighted by Gasteiger charge is 2.20. The molecule has 1 heterocycles. The molecule has 0 radical (unpaired) electrons. The van der Waals surface area contributed by atoms with Gasteiger partial charge in [0.05, 0.1) is 6.10 Å². The number of benzene rings is 2. The average molecular weight is 268 g/mol. The van der Waals surface area contributed by atoms with E-state index in [0.29, 0.717) is 6.54 Å². The van der Waals surface area contributed by atoms with Gasteiger partial charge in [0.1, 0.15) is 0 Å². The van der Waals surface area contributed by atoms with Crippen molar-refractivity contribution in [3.8, 4) is 0 Å². The highest BCUT2D eigenvalue weighted by molar-refractivity contribution is 5.30. The van der Waals surface area contributed by atoms with Crippen LogP contribution in [0.2, 0.25) is 0 Å². The number of hydrazine groups is 1. The van der Waals surface area contributed by atoms with Crippen molar-refractivity contribution in [3.63, 3.8) is 0 Å². The average Bonchev–Trinajstić information content (AvgIpc) is 2.66. The van der Waals surface area contributed by atoms with Gasteiger partial charge in [0.25, 0.3) is 0 Å². The number of aliphatic hydroxyl groups is 1. The normalized spacial score (nSPS) is 19.4. The smallest absolute Gasteiger partial charge is 0.0933 e. The molecule has 3 rings (SSSR count). The molecule has 104 valence electrons. The summed E-state index contributed by atoms with van der Waals surface area (Å²) in [5.74, 6) is 0. The van der Waals surface area contributed by atoms with Crippen LogP contribution in [0.4, 0.5) is 0 Å². The van der Waals surface area contributed by atoms with Crippen molar-refractivity contribution < 1.29 is 5.11 Å². The Morgan fingerprint density at radius 1 is 1.05 bits per heavy atom. The molecule has 1 unspecified atom stereocenters. The Morgan fingerprint density at radius 2 is 1.80 bits per heavy atom. The first-order valence-corrected chi connectivity index (χ1v) is 7.11. The van der Waals surface area contributed by atoms with E-state index in [1.807, 2.05) is 36.4 Å². The Morgan fingerprint density at radius 3 is 2.65 bits per heavy atom. The third-order valence-corrected chi connectivity index (χ3v) is 3.81. The van der Waals surface area contributed by atoms with Crippen LogP contribution in [0.5, 0.6) is 0 Å². The Labute approximate surface area is 119 Å². The number of nitrogens with zero attached hydrogens (tertiary/aromatic N) is 1. The van der Waals surface area contributed by atoms with Gasteiger partial charge in [-0.3, -0.25) is 5.43 Å². The second-order valence-electron chi connectivity index (χ2n) is 5.23. The van der Waals surface area contributed by atoms with E-state index in [1.165, 1.54) is 11.1 Å². The molecule has 1 atom stereocenters. The molecule has 2 aromatic carbocycles. The van der Waals surface area contributed by atoms with Crippen molar-refractivity contribution >= 4 is 0 Å². The topological polar surface area (TPSA) is 35.5 Å². The van der Waals surface area contributed by atoms with E-state index in [4.69, 9.17) is 0 Å². The summed E-state index contributed by atoms with van der Waals surface area (Å²) in [4.78, 5) is 0. The summed E-state index contributed by atoms with van der Waals surface area (Å²) >= 11 is 0. The first-order valence-electron chi connectivity index (χ1n) is 7.11. The van der Waals surface area contributed by atoms with E-state index in [0.717, 1.165) is 25.1 Å². The molecular formula is C17H20N2O. The van der Waals surface area contributed by atoms with Crippen LogP contribution < -0.4 is 5.43 Å². The Kier molecular flexibility index (Phi) is 4.11. The highest BCUT2D eigenvalue weighted by atomic mass is 16.3. The van der Waals surface area contributed by atoms with Gasteiger partial charge in [-0.2, -0.15) is 0 Å². The van der Waals surface area contributed by atoms with Gasteiger partial charge in [0.2, 0.25) is 0 Å². The van der Waals surface area contributed by atoms with Crippen molar-refractivity contribution in [3.05, 3.63) is 71.3 Å². The fraction of sp³-hybridized carbons (Fsp3) is 0.294. The number of hydrogen-bond acceptors (Lipinski definition) is 3. The number of nitrogens with one attached hydrogen (secondary N) is 1. The molecule has 3 heteroatoms. The molecule has 0 saturated carbocycles. The van der Waals surface area contributed by atoms with Crippen LogP contribution >= 0.6 is 0 Å². The number of β-amino-alcohol motifs (C(OH)–C–C–N with tert-alkyl or cyclic N) is 1. The zero-order valence-electron chi connectivity index (χ0n) is 11.5. The fourth-order valence-electron chi connectivity index (χ4n) is 2.68. The minimum atomic E-state index is -0.419. The van der Waals surface area contributed by atoms with Gasteiger partial charge in [0.15, 0.2) is 0 Å². The summed E-state index contributed by atoms with van der Waals surface area (Å²) in [6.07, 6.45) is 0.548. The molecule has 3 nitrogen and oxygen atoms in total. The van der Waals surface area contributed by atoms with Gasteiger partial charge < -0.3 is 5.11 Å². The number of rotatable bonds is 3. The lowest BCUT2D eigenvalue weighted by Gasteiger charge is -2.23. The van der Waals surface area contributed by atoms with Crippen LogP contribution in [0.15, 0.2) is 54.6 Å². The van der Waals surface area contributed by atoms with E-state index >= 15 is 0 Å². The highest BCUT2D eigenvalue weighted by Crippen LogP contribution is 2.22. The monoisotopic (exact) mass is 268 g/mol. The second-order valence-corrected chi connectivity index (χ2v) is 5.23. The summed E-state index contributed by atoms with van der Waals surface area (Å²) in [5.41, 5.74) is 6.99. The Balaban J connectivity index is 1.63. The molecule has 0 fully saturated rings. The van der Waals surface area contributed by atoms with Crippen LogP contribution in [0.25, 0.3) is 0 Å². The zero-order valence-corrected chi connectivity index (χ0v) is 11.5. The molecule has 0 bridgehead atoms. The zero-order chi connectivity index (χ0) is 13.8. The maximum Gasteiger partial charge on any atom is 0.0933 e. The van der Waals surface area contributed by atoms with Crippen molar-refractivity contribution in [1.82, 2.24) is 10.4 Å². The molecule has 0 spiro atoms. The van der Waals surface area contributed by atoms with Gasteiger partial charge in [0, 0.05) is 19.6 Å². The number of hydrogen-bond donors (Lipinski definition) is 2. The number of aliphatic hydroxyl groups excluding tert-OH is 1. The van der Waals surface area contributed by atoms with Crippen LogP contribution in [0.1, 0.15) is 22.8 Å². The lowest BCUT2D eigenvalue weighted by molar-refractivity contribution is 0.0869. The maximum atomic E-state index is 10.3. The molecule has 1 aliphatic heterocycles. The summed E-state index contributed by atoms with van der Waals surface area (Å²) in [6.45, 7) is 2.34. The van der Waals surface area contributed by atoms with Gasteiger partial charge >= 0.3 is 0 Å². The second kappa shape index (κ2) is 6.18. The van der Waals surface area contributed by atoms with E-state index in [9.17, 15) is 5.11 Å². The van der Waals surface area contributed by atoms with Crippen molar-refractivity contribution in [2.75, 3.05) is 13.1 Å². The first kappa shape index (κ1) is 13.3. The molecule has 0 aliphatic carbocycles. The van der Waals surface area contributed by atoms with Crippen LogP contribution in [-0.2, 0) is 13.0 Å². The van der Waals surface area contributed by atoms with Crippen molar-refractivity contribution in [2.24, 2.45) is 0 Å². The van der Waals surface area contributed by atoms with Gasteiger partial charge in [-0.25, -0.2) is 5.01 Å². The fourth-order valence-corrected chi connectivity index (χ4v) is 2.68. The van der Waals surface area contributed by atoms with Crippen molar-refractivity contribution in [1.29, 1.82) is 0 Å². The van der Waals surface area contributed by atoms with Gasteiger partial charge in [-0.1, -0.05) is 54.6 Å². The van der Waals surface area contributed by atoms with E-state index < -0.39 is 6.10 Å². The van der Waals surface area contributed by atoms with Crippen molar-refractivity contribution in [2.45, 2.75) is 19.1 Å². The molecule has 0 amide bonds. The minimum absolute atomic E-state index is 0.419. The molecule has 2 N–H and O–H groups in total. The van der Waals surface area contributed by atoms with Crippen LogP contribution in [0, 0.1) is 0 Å². The summed E-state index contributed by atoms with van der Waals surface area (Å²) < 4.78 is 0. The van der Waals surface area contributed by atoms with Gasteiger partial charge in [-0.05, 0) is 23.1 Å². The molecule has 2 aromatic rings. The first-order chi connectivity index (χ1) is 9.83. The van der Waals surface area contributed by atoms with E-state index in [-0.39, 0.29) is 0 Å². The number of fused-ring (bicyclic) bond motifs is 1. The Hall–Kier alpha value is -1.68. The minimum Gasteiger partial charge on any atom is -0.387 e. The quantitative estimate of drug-likeness (QED) is 0.896. The summed E-state index contributed by atoms with van der Waals surface area (Å²) in [6, 6.07) is 18.5. The summed E-state index contributed by atoms with van der Waals surface area (Å²) in [7, 11) is 0. The molecule has 1 aliphatic rings. The largest absolute Gasteiger partial charge is 0.387 e. The molecule has 0 saturated heterocycles. The van der Waals surface area contributed by atoms with Crippen LogP contribution in [-0.4, -0.2) is 23.2 Å². The lowest BCUT2D eigenvalue weighted by atomic mass is 10.0. The van der Waals surface area contributed by atoms with Gasteiger partial charge in [-0.15, -0.1) is 0 Å². The predicted octanol–water partition coefficient (Wildman–Crippen LogP) is 2.28. The molecule has 0 aromatic heterocycles. The third-order valence-electron chi connectivity index (χ3n) is 3.81.